The van der Waals surface area contributed by atoms with E-state index in [4.69, 9.17) is 25.5 Å². The number of hydrogen-bond donors (Lipinski definition) is 2. The minimum atomic E-state index is -0.699. The number of anilines is 1. The first-order valence-corrected chi connectivity index (χ1v) is 10.5. The Bertz CT molecular complexity index is 1170. The van der Waals surface area contributed by atoms with Crippen LogP contribution in [0.5, 0.6) is 0 Å². The highest BCUT2D eigenvalue weighted by Crippen LogP contribution is 2.39. The smallest absolute Gasteiger partial charge is 0.444 e. The number of halogens is 1. The SMILES string of the molecule is CC(C)(C)OC(=O)NC1(CCNc2nonc2-c2noc(=O)n2-c2cccc(Cl)c2)CC1. The van der Waals surface area contributed by atoms with Crippen molar-refractivity contribution in [3.8, 4) is 17.2 Å². The second-order valence-corrected chi connectivity index (χ2v) is 9.07. The van der Waals surface area contributed by atoms with Crippen molar-refractivity contribution in [3.63, 3.8) is 0 Å². The quantitative estimate of drug-likeness (QED) is 0.541. The van der Waals surface area contributed by atoms with Crippen LogP contribution in [0.15, 0.2) is 38.2 Å². The maximum Gasteiger partial charge on any atom is 0.446 e. The second-order valence-electron chi connectivity index (χ2n) is 8.63. The van der Waals surface area contributed by atoms with Crippen molar-refractivity contribution >= 4 is 23.5 Å². The fourth-order valence-corrected chi connectivity index (χ4v) is 3.41. The highest BCUT2D eigenvalue weighted by atomic mass is 35.5. The third-order valence-corrected chi connectivity index (χ3v) is 5.12. The topological polar surface area (TPSA) is 137 Å². The van der Waals surface area contributed by atoms with Gasteiger partial charge >= 0.3 is 11.8 Å². The Labute approximate surface area is 188 Å². The van der Waals surface area contributed by atoms with Crippen LogP contribution in [0.25, 0.3) is 17.2 Å². The van der Waals surface area contributed by atoms with E-state index < -0.39 is 17.5 Å². The van der Waals surface area contributed by atoms with Crippen molar-refractivity contribution < 1.29 is 18.7 Å². The van der Waals surface area contributed by atoms with Gasteiger partial charge < -0.3 is 15.4 Å². The van der Waals surface area contributed by atoms with E-state index in [2.05, 4.69) is 26.1 Å². The average molecular weight is 463 g/mol. The van der Waals surface area contributed by atoms with Crippen LogP contribution in [0.1, 0.15) is 40.0 Å². The molecule has 1 aliphatic carbocycles. The molecule has 0 spiro atoms. The maximum absolute atomic E-state index is 12.3. The van der Waals surface area contributed by atoms with E-state index in [0.29, 0.717) is 29.5 Å². The van der Waals surface area contributed by atoms with Crippen molar-refractivity contribution in [1.82, 2.24) is 25.4 Å². The van der Waals surface area contributed by atoms with Crippen molar-refractivity contribution in [2.45, 2.75) is 51.2 Å². The van der Waals surface area contributed by atoms with Crippen LogP contribution >= 0.6 is 11.6 Å². The summed E-state index contributed by atoms with van der Waals surface area (Å²) in [4.78, 5) is 24.3. The third-order valence-electron chi connectivity index (χ3n) is 4.89. The molecule has 3 aromatic rings. The lowest BCUT2D eigenvalue weighted by Crippen LogP contribution is -2.41. The molecule has 1 aromatic carbocycles. The number of nitrogens with one attached hydrogen (secondary N) is 2. The van der Waals surface area contributed by atoms with Gasteiger partial charge in [-0.1, -0.05) is 22.8 Å². The van der Waals surface area contributed by atoms with E-state index in [-0.39, 0.29) is 17.1 Å². The summed E-state index contributed by atoms with van der Waals surface area (Å²) in [5.41, 5.74) is -0.202. The van der Waals surface area contributed by atoms with E-state index >= 15 is 0 Å². The summed E-state index contributed by atoms with van der Waals surface area (Å²) in [6.07, 6.45) is 1.91. The number of benzene rings is 1. The number of ether oxygens (including phenoxy) is 1. The summed E-state index contributed by atoms with van der Waals surface area (Å²) in [6, 6.07) is 6.68. The fourth-order valence-electron chi connectivity index (χ4n) is 3.22. The molecule has 4 rings (SSSR count). The number of rotatable bonds is 7. The zero-order valence-electron chi connectivity index (χ0n) is 17.8. The summed E-state index contributed by atoms with van der Waals surface area (Å²) in [5, 5.41) is 18.1. The predicted molar refractivity (Wildman–Crippen MR) is 115 cm³/mol. The lowest BCUT2D eigenvalue weighted by Gasteiger charge is -2.23. The summed E-state index contributed by atoms with van der Waals surface area (Å²) in [6.45, 7) is 5.93. The van der Waals surface area contributed by atoms with Gasteiger partial charge in [0.15, 0.2) is 5.69 Å². The molecule has 0 aliphatic heterocycles. The largest absolute Gasteiger partial charge is 0.446 e. The summed E-state index contributed by atoms with van der Waals surface area (Å²) >= 11 is 6.05. The molecule has 11 nitrogen and oxygen atoms in total. The molecule has 1 saturated carbocycles. The molecule has 2 N–H and O–H groups in total. The van der Waals surface area contributed by atoms with Gasteiger partial charge in [0.2, 0.25) is 11.6 Å². The van der Waals surface area contributed by atoms with E-state index in [9.17, 15) is 9.59 Å². The van der Waals surface area contributed by atoms with Gasteiger partial charge in [-0.25, -0.2) is 18.8 Å². The first-order chi connectivity index (χ1) is 15.2. The molecule has 0 bridgehead atoms. The van der Waals surface area contributed by atoms with Gasteiger partial charge in [-0.15, -0.1) is 0 Å². The monoisotopic (exact) mass is 462 g/mol. The number of amides is 1. The first-order valence-electron chi connectivity index (χ1n) is 10.1. The number of carbonyl (C=O) groups excluding carboxylic acids is 1. The molecule has 170 valence electrons. The molecule has 32 heavy (non-hydrogen) atoms. The Hall–Kier alpha value is -3.34. The van der Waals surface area contributed by atoms with Crippen molar-refractivity contribution in [2.24, 2.45) is 0 Å². The van der Waals surface area contributed by atoms with Gasteiger partial charge in [-0.2, -0.15) is 0 Å². The number of alkyl carbamates (subject to hydrolysis) is 1. The minimum Gasteiger partial charge on any atom is -0.444 e. The van der Waals surface area contributed by atoms with Crippen LogP contribution in [0.3, 0.4) is 0 Å². The molecule has 2 heterocycles. The molecule has 0 radical (unpaired) electrons. The van der Waals surface area contributed by atoms with E-state index in [1.165, 1.54) is 4.57 Å². The van der Waals surface area contributed by atoms with Gasteiger partial charge in [0.1, 0.15) is 5.60 Å². The third kappa shape index (κ3) is 4.93. The molecule has 1 fully saturated rings. The number of nitrogens with zero attached hydrogens (tertiary/aromatic N) is 4. The van der Waals surface area contributed by atoms with Crippen molar-refractivity contribution in [3.05, 3.63) is 39.8 Å². The zero-order valence-corrected chi connectivity index (χ0v) is 18.6. The molecule has 1 amide bonds. The first kappa shape index (κ1) is 21.9. The summed E-state index contributed by atoms with van der Waals surface area (Å²) in [5.74, 6) is -0.286. The minimum absolute atomic E-state index is 0.119. The normalized spacial score (nSPS) is 14.8. The molecule has 0 unspecified atom stereocenters. The van der Waals surface area contributed by atoms with E-state index in [1.54, 1.807) is 24.3 Å². The van der Waals surface area contributed by atoms with Gasteiger partial charge in [-0.3, -0.25) is 4.52 Å². The predicted octanol–water partition coefficient (Wildman–Crippen LogP) is 3.39. The molecular formula is C20H23ClN6O5. The van der Waals surface area contributed by atoms with Crippen LogP contribution in [-0.2, 0) is 4.74 Å². The fraction of sp³-hybridized carbons (Fsp3) is 0.450. The number of carbonyl (C=O) groups is 1. The van der Waals surface area contributed by atoms with E-state index in [1.807, 2.05) is 20.8 Å². The van der Waals surface area contributed by atoms with Crippen LogP contribution in [0, 0.1) is 0 Å². The summed E-state index contributed by atoms with van der Waals surface area (Å²) < 4.78 is 16.3. The summed E-state index contributed by atoms with van der Waals surface area (Å²) in [7, 11) is 0. The number of hydrogen-bond acceptors (Lipinski definition) is 9. The van der Waals surface area contributed by atoms with Gasteiger partial charge in [0, 0.05) is 17.1 Å². The van der Waals surface area contributed by atoms with Gasteiger partial charge in [0.25, 0.3) is 0 Å². The zero-order chi connectivity index (χ0) is 22.9. The molecule has 0 saturated heterocycles. The molecule has 1 aliphatic rings. The van der Waals surface area contributed by atoms with E-state index in [0.717, 1.165) is 12.8 Å². The lowest BCUT2D eigenvalue weighted by atomic mass is 10.2. The molecule has 0 atom stereocenters. The Kier molecular flexibility index (Phi) is 5.68. The highest BCUT2D eigenvalue weighted by molar-refractivity contribution is 6.30. The number of aromatic nitrogens is 4. The molecule has 12 heteroatoms. The van der Waals surface area contributed by atoms with Crippen LogP contribution in [0.2, 0.25) is 5.02 Å². The average Bonchev–Trinajstić information content (AvgIpc) is 3.11. The van der Waals surface area contributed by atoms with Gasteiger partial charge in [-0.05, 0) is 68.5 Å². The second kappa shape index (κ2) is 8.30. The highest BCUT2D eigenvalue weighted by Gasteiger charge is 2.44. The van der Waals surface area contributed by atoms with Crippen LogP contribution < -0.4 is 16.4 Å². The Morgan fingerprint density at radius 2 is 2.06 bits per heavy atom. The molecule has 2 aromatic heterocycles. The van der Waals surface area contributed by atoms with Gasteiger partial charge in [0.05, 0.1) is 5.69 Å². The maximum atomic E-state index is 12.3. The lowest BCUT2D eigenvalue weighted by molar-refractivity contribution is 0.0494. The van der Waals surface area contributed by atoms with Crippen molar-refractivity contribution in [1.29, 1.82) is 0 Å². The standard InChI is InChI=1S/C20H23ClN6O5/c1-19(2,3)30-17(28)23-20(7-8-20)9-10-22-15-14(24-32-25-15)16-26-31-18(29)27(16)13-6-4-5-12(21)11-13/h4-6,11H,7-10H2,1-3H3,(H,22,25)(H,23,28). The Balaban J connectivity index is 1.45. The van der Waals surface area contributed by atoms with Crippen molar-refractivity contribution in [2.75, 3.05) is 11.9 Å². The Morgan fingerprint density at radius 1 is 1.28 bits per heavy atom. The van der Waals surface area contributed by atoms with Crippen LogP contribution in [-0.4, -0.2) is 43.8 Å². The Morgan fingerprint density at radius 3 is 2.75 bits per heavy atom. The van der Waals surface area contributed by atoms with Crippen LogP contribution in [0.4, 0.5) is 10.6 Å². The molecular weight excluding hydrogens is 440 g/mol.